The molecule has 2 aliphatic rings. The normalized spacial score (nSPS) is 18.5. The molecule has 0 amide bonds. The van der Waals surface area contributed by atoms with Crippen LogP contribution in [0.2, 0.25) is 0 Å². The van der Waals surface area contributed by atoms with Crippen LogP contribution in [0.1, 0.15) is 42.2 Å². The maximum absolute atomic E-state index is 14.1. The summed E-state index contributed by atoms with van der Waals surface area (Å²) in [5.41, 5.74) is 6.51. The average Bonchev–Trinajstić information content (AvgIpc) is 3.87. The van der Waals surface area contributed by atoms with Crippen LogP contribution >= 0.6 is 0 Å². The summed E-state index contributed by atoms with van der Waals surface area (Å²) in [6.07, 6.45) is 5.58. The lowest BCUT2D eigenvalue weighted by molar-refractivity contribution is -0.155. The fraction of sp³-hybridized carbons (Fsp3) is 0.400. The molecule has 0 radical (unpaired) electrons. The number of carbonyl (C=O) groups excluding carboxylic acids is 1. The number of Topliss-reactive ketones (excluding diaryl/α,β-unsaturated/α-hetero) is 1. The first kappa shape index (κ1) is 31.1. The van der Waals surface area contributed by atoms with Gasteiger partial charge in [0.05, 0.1) is 23.7 Å². The third-order valence-electron chi connectivity index (χ3n) is 9.20. The highest BCUT2D eigenvalue weighted by Gasteiger charge is 2.37. The zero-order chi connectivity index (χ0) is 32.5. The van der Waals surface area contributed by atoms with Crippen molar-refractivity contribution in [2.45, 2.75) is 38.7 Å². The fourth-order valence-electron chi connectivity index (χ4n) is 6.82. The van der Waals surface area contributed by atoms with Crippen molar-refractivity contribution in [3.8, 4) is 16.9 Å². The molecule has 2 fully saturated rings. The molecule has 5 aromatic rings. The molecule has 0 aliphatic carbocycles. The number of imidazole rings is 1. The maximum Gasteiger partial charge on any atom is 0.213 e. The van der Waals surface area contributed by atoms with E-state index in [9.17, 15) is 9.18 Å². The van der Waals surface area contributed by atoms with Crippen molar-refractivity contribution in [1.82, 2.24) is 34.4 Å². The van der Waals surface area contributed by atoms with E-state index in [0.29, 0.717) is 25.3 Å². The van der Waals surface area contributed by atoms with Crippen molar-refractivity contribution in [2.75, 3.05) is 44.8 Å². The van der Waals surface area contributed by atoms with Gasteiger partial charge in [0.1, 0.15) is 17.4 Å². The van der Waals surface area contributed by atoms with Gasteiger partial charge in [-0.3, -0.25) is 14.2 Å². The molecule has 47 heavy (non-hydrogen) atoms. The van der Waals surface area contributed by atoms with Gasteiger partial charge in [-0.25, -0.2) is 19.6 Å². The van der Waals surface area contributed by atoms with Crippen molar-refractivity contribution in [2.24, 2.45) is 13.0 Å². The summed E-state index contributed by atoms with van der Waals surface area (Å²) in [4.78, 5) is 35.9. The second kappa shape index (κ2) is 13.3. The van der Waals surface area contributed by atoms with Crippen LogP contribution in [0.3, 0.4) is 0 Å². The van der Waals surface area contributed by atoms with Crippen molar-refractivity contribution in [3.63, 3.8) is 0 Å². The lowest BCUT2D eigenvalue weighted by Gasteiger charge is -2.17. The number of methoxy groups -OCH3 is 1. The van der Waals surface area contributed by atoms with Crippen LogP contribution in [0.15, 0.2) is 60.9 Å². The molecule has 1 aromatic carbocycles. The number of ketones is 1. The van der Waals surface area contributed by atoms with Crippen LogP contribution < -0.4 is 4.90 Å². The molecule has 7 rings (SSSR count). The molecular formula is C35H39FN8O3. The molecule has 0 N–H and O–H groups in total. The molecule has 2 saturated heterocycles. The molecule has 2 atom stereocenters. The molecule has 0 unspecified atom stereocenters. The highest BCUT2D eigenvalue weighted by Crippen LogP contribution is 2.37. The number of aromatic nitrogens is 6. The second-order valence-electron chi connectivity index (χ2n) is 12.4. The first-order chi connectivity index (χ1) is 22.9. The van der Waals surface area contributed by atoms with E-state index in [4.69, 9.17) is 24.6 Å². The third-order valence-corrected chi connectivity index (χ3v) is 9.20. The van der Waals surface area contributed by atoms with Gasteiger partial charge in [-0.05, 0) is 61.2 Å². The molecule has 6 heterocycles. The number of halogens is 1. The number of hydrogen-bond donors (Lipinski definition) is 0. The van der Waals surface area contributed by atoms with Gasteiger partial charge >= 0.3 is 0 Å². The first-order valence-electron chi connectivity index (χ1n) is 16.1. The van der Waals surface area contributed by atoms with Crippen molar-refractivity contribution < 1.29 is 18.8 Å². The molecule has 12 heteroatoms. The molecule has 244 valence electrons. The number of benzene rings is 1. The Labute approximate surface area is 272 Å². The Morgan fingerprint density at radius 2 is 1.91 bits per heavy atom. The van der Waals surface area contributed by atoms with Gasteiger partial charge in [0.15, 0.2) is 5.65 Å². The van der Waals surface area contributed by atoms with Gasteiger partial charge < -0.3 is 9.64 Å². The summed E-state index contributed by atoms with van der Waals surface area (Å²) in [5.74, 6) is 0.234. The van der Waals surface area contributed by atoms with E-state index in [2.05, 4.69) is 14.5 Å². The predicted octanol–water partition coefficient (Wildman–Crippen LogP) is 5.02. The number of carbonyl (C=O) groups is 1. The summed E-state index contributed by atoms with van der Waals surface area (Å²) in [7, 11) is 3.65. The molecule has 0 bridgehead atoms. The smallest absolute Gasteiger partial charge is 0.213 e. The number of nitrogens with zero attached hydrogens (tertiary/aromatic N) is 8. The second-order valence-corrected chi connectivity index (χ2v) is 12.4. The van der Waals surface area contributed by atoms with Crippen molar-refractivity contribution >= 4 is 22.9 Å². The number of fused-ring (bicyclic) bond motifs is 1. The number of ether oxygens (including phenoxy) is 1. The standard InChI is InChI=1S/C35H39FN8O3/c1-23-30(20-28(45)17-26-22-43(15-16-46-3)47-33(26)24-11-12-37-31(36)19-24)44(27-9-5-4-6-10-27)40-32(23)25-18-29-34(38-21-25)41(2)35(39-29)42-13-7-8-14-42/h4-6,9-12,18-19,21,26,33H,7-8,13-17,20,22H2,1-3H3/t26-,33+/m1/s1. The van der Waals surface area contributed by atoms with E-state index >= 15 is 0 Å². The van der Waals surface area contributed by atoms with Crippen molar-refractivity contribution in [3.05, 3.63) is 83.7 Å². The first-order valence-corrected chi connectivity index (χ1v) is 16.1. The van der Waals surface area contributed by atoms with E-state index < -0.39 is 12.1 Å². The van der Waals surface area contributed by atoms with Gasteiger partial charge in [-0.1, -0.05) is 18.2 Å². The Morgan fingerprint density at radius 1 is 1.11 bits per heavy atom. The molecule has 4 aromatic heterocycles. The van der Waals surface area contributed by atoms with Crippen LogP contribution in [0.25, 0.3) is 28.1 Å². The molecular weight excluding hydrogens is 599 g/mol. The highest BCUT2D eigenvalue weighted by molar-refractivity contribution is 5.84. The Hall–Kier alpha value is -4.52. The number of aryl methyl sites for hydroxylation is 1. The van der Waals surface area contributed by atoms with Crippen LogP contribution in [0.5, 0.6) is 0 Å². The van der Waals surface area contributed by atoms with Crippen LogP contribution in [-0.4, -0.2) is 80.0 Å². The SMILES string of the molecule is COCCN1C[C@@H](CC(=O)Cc2c(C)c(-c3cnc4c(c3)nc(N3CCCC3)n4C)nn2-c2ccccc2)[C@H](c2ccnc(F)c2)O1. The van der Waals surface area contributed by atoms with Gasteiger partial charge in [-0.15, -0.1) is 0 Å². The summed E-state index contributed by atoms with van der Waals surface area (Å²) in [5, 5.41) is 6.85. The topological polar surface area (TPSA) is 103 Å². The third kappa shape index (κ3) is 6.28. The Kier molecular flexibility index (Phi) is 8.80. The molecule has 0 spiro atoms. The Balaban J connectivity index is 1.19. The average molecular weight is 639 g/mol. The summed E-state index contributed by atoms with van der Waals surface area (Å²) in [6, 6.07) is 15.0. The van der Waals surface area contributed by atoms with Crippen LogP contribution in [-0.2, 0) is 27.8 Å². The molecule has 11 nitrogen and oxygen atoms in total. The van der Waals surface area contributed by atoms with E-state index in [1.54, 1.807) is 18.2 Å². The number of pyridine rings is 2. The zero-order valence-electron chi connectivity index (χ0n) is 27.0. The lowest BCUT2D eigenvalue weighted by atomic mass is 9.91. The van der Waals surface area contributed by atoms with E-state index in [0.717, 1.165) is 58.4 Å². The largest absolute Gasteiger partial charge is 0.383 e. The lowest BCUT2D eigenvalue weighted by Crippen LogP contribution is -2.24. The number of hydroxylamine groups is 2. The van der Waals surface area contributed by atoms with E-state index in [-0.39, 0.29) is 24.5 Å². The number of para-hydroxylation sites is 1. The molecule has 0 saturated carbocycles. The monoisotopic (exact) mass is 638 g/mol. The minimum absolute atomic E-state index is 0.0482. The van der Waals surface area contributed by atoms with Gasteiger partial charge in [0, 0.05) is 77.1 Å². The maximum atomic E-state index is 14.1. The zero-order valence-corrected chi connectivity index (χ0v) is 27.0. The van der Waals surface area contributed by atoms with Crippen LogP contribution in [0.4, 0.5) is 10.3 Å². The minimum atomic E-state index is -0.577. The fourth-order valence-corrected chi connectivity index (χ4v) is 6.82. The summed E-state index contributed by atoms with van der Waals surface area (Å²) < 4.78 is 23.2. The van der Waals surface area contributed by atoms with Crippen molar-refractivity contribution in [1.29, 1.82) is 0 Å². The highest BCUT2D eigenvalue weighted by atomic mass is 19.1. The van der Waals surface area contributed by atoms with Crippen LogP contribution in [0, 0.1) is 18.8 Å². The van der Waals surface area contributed by atoms with Gasteiger partial charge in [-0.2, -0.15) is 14.6 Å². The summed E-state index contributed by atoms with van der Waals surface area (Å²) >= 11 is 0. The minimum Gasteiger partial charge on any atom is -0.383 e. The van der Waals surface area contributed by atoms with Gasteiger partial charge in [0.25, 0.3) is 0 Å². The van der Waals surface area contributed by atoms with E-state index in [1.807, 2.05) is 61.2 Å². The predicted molar refractivity (Wildman–Crippen MR) is 176 cm³/mol. The quantitative estimate of drug-likeness (QED) is 0.185. The number of anilines is 1. The number of hydrogen-bond acceptors (Lipinski definition) is 9. The van der Waals surface area contributed by atoms with E-state index in [1.165, 1.54) is 25.1 Å². The summed E-state index contributed by atoms with van der Waals surface area (Å²) in [6.45, 7) is 5.57. The molecule has 2 aliphatic heterocycles. The Morgan fingerprint density at radius 3 is 2.68 bits per heavy atom. The van der Waals surface area contributed by atoms with Gasteiger partial charge in [0.2, 0.25) is 11.9 Å². The Bertz CT molecular complexity index is 1880. The number of rotatable bonds is 11.